The predicted octanol–water partition coefficient (Wildman–Crippen LogP) is 1.07. The molecule has 1 aliphatic carbocycles. The van der Waals surface area contributed by atoms with Crippen molar-refractivity contribution in [1.82, 2.24) is 10.2 Å². The predicted molar refractivity (Wildman–Crippen MR) is 44.9 cm³/mol. The number of halogens is 3. The summed E-state index contributed by atoms with van der Waals surface area (Å²) in [5, 5.41) is 8.43. The topological polar surface area (TPSA) is 63.8 Å². The average Bonchev–Trinajstić information content (AvgIpc) is 2.60. The second kappa shape index (κ2) is 3.06. The van der Waals surface area contributed by atoms with Crippen molar-refractivity contribution in [1.29, 1.82) is 0 Å². The highest BCUT2D eigenvalue weighted by Crippen LogP contribution is 2.34. The van der Waals surface area contributed by atoms with Gasteiger partial charge in [0.25, 0.3) is 0 Å². The summed E-state index contributed by atoms with van der Waals surface area (Å²) in [4.78, 5) is 0. The zero-order valence-corrected chi connectivity index (χ0v) is 7.69. The van der Waals surface area contributed by atoms with Gasteiger partial charge >= 0.3 is 6.18 Å². The van der Waals surface area contributed by atoms with Gasteiger partial charge < -0.3 is 11.1 Å². The van der Waals surface area contributed by atoms with Gasteiger partial charge in [-0.1, -0.05) is 11.3 Å². The van der Waals surface area contributed by atoms with Crippen LogP contribution in [0.15, 0.2) is 0 Å². The highest BCUT2D eigenvalue weighted by atomic mass is 32.1. The Morgan fingerprint density at radius 3 is 2.50 bits per heavy atom. The third kappa shape index (κ3) is 1.95. The fourth-order valence-corrected chi connectivity index (χ4v) is 1.61. The molecule has 2 rings (SSSR count). The summed E-state index contributed by atoms with van der Waals surface area (Å²) < 4.78 is 36.3. The van der Waals surface area contributed by atoms with Gasteiger partial charge in [0.1, 0.15) is 0 Å². The smallest absolute Gasteiger partial charge is 0.356 e. The third-order valence-corrected chi connectivity index (χ3v) is 2.72. The maximum atomic E-state index is 12.1. The number of alkyl halides is 3. The molecule has 0 aliphatic heterocycles. The summed E-state index contributed by atoms with van der Waals surface area (Å²) in [7, 11) is 0. The van der Waals surface area contributed by atoms with E-state index in [1.807, 2.05) is 0 Å². The first-order chi connectivity index (χ1) is 6.47. The van der Waals surface area contributed by atoms with Crippen LogP contribution in [0.4, 0.5) is 18.3 Å². The first-order valence-corrected chi connectivity index (χ1v) is 4.71. The largest absolute Gasteiger partial charge is 0.445 e. The Balaban J connectivity index is 2.03. The van der Waals surface area contributed by atoms with Gasteiger partial charge in [-0.2, -0.15) is 13.2 Å². The molecule has 0 saturated heterocycles. The van der Waals surface area contributed by atoms with Crippen molar-refractivity contribution in [2.75, 3.05) is 5.32 Å². The molecule has 14 heavy (non-hydrogen) atoms. The second-order valence-corrected chi connectivity index (χ2v) is 4.04. The molecule has 4 nitrogen and oxygen atoms in total. The molecule has 1 fully saturated rings. The first-order valence-electron chi connectivity index (χ1n) is 3.89. The summed E-state index contributed by atoms with van der Waals surface area (Å²) in [6, 6.07) is 0.0669. The van der Waals surface area contributed by atoms with Gasteiger partial charge in [0.2, 0.25) is 10.1 Å². The van der Waals surface area contributed by atoms with Crippen LogP contribution in [-0.4, -0.2) is 22.3 Å². The maximum Gasteiger partial charge on any atom is 0.445 e. The van der Waals surface area contributed by atoms with Gasteiger partial charge in [0.15, 0.2) is 0 Å². The molecule has 2 unspecified atom stereocenters. The molecular formula is C6H7F3N4S. The number of hydrogen-bond donors (Lipinski definition) is 2. The van der Waals surface area contributed by atoms with Crippen LogP contribution in [0.1, 0.15) is 11.4 Å². The number of hydrogen-bond acceptors (Lipinski definition) is 5. The van der Waals surface area contributed by atoms with Crippen molar-refractivity contribution in [3.05, 3.63) is 5.01 Å². The molecule has 1 aliphatic rings. The van der Waals surface area contributed by atoms with Gasteiger partial charge in [0, 0.05) is 12.1 Å². The van der Waals surface area contributed by atoms with E-state index >= 15 is 0 Å². The van der Waals surface area contributed by atoms with Crippen LogP contribution < -0.4 is 11.1 Å². The Kier molecular flexibility index (Phi) is 2.11. The molecular weight excluding hydrogens is 217 g/mol. The molecule has 8 heteroatoms. The first kappa shape index (κ1) is 9.66. The van der Waals surface area contributed by atoms with Crippen molar-refractivity contribution >= 4 is 16.5 Å². The van der Waals surface area contributed by atoms with Crippen LogP contribution >= 0.6 is 11.3 Å². The Morgan fingerprint density at radius 2 is 2.07 bits per heavy atom. The molecule has 1 aromatic heterocycles. The summed E-state index contributed by atoms with van der Waals surface area (Å²) in [6.45, 7) is 0. The quantitative estimate of drug-likeness (QED) is 0.788. The monoisotopic (exact) mass is 224 g/mol. The lowest BCUT2D eigenvalue weighted by atomic mass is 10.7. The molecule has 3 N–H and O–H groups in total. The van der Waals surface area contributed by atoms with Crippen molar-refractivity contribution < 1.29 is 13.2 Å². The molecule has 1 saturated carbocycles. The van der Waals surface area contributed by atoms with Crippen LogP contribution in [0, 0.1) is 0 Å². The molecule has 0 amide bonds. The zero-order chi connectivity index (χ0) is 10.3. The molecule has 1 aromatic rings. The number of nitrogens with zero attached hydrogens (tertiary/aromatic N) is 2. The highest BCUT2D eigenvalue weighted by Gasteiger charge is 2.38. The van der Waals surface area contributed by atoms with Crippen LogP contribution in [-0.2, 0) is 6.18 Å². The van der Waals surface area contributed by atoms with Gasteiger partial charge in [0.05, 0.1) is 0 Å². The summed E-state index contributed by atoms with van der Waals surface area (Å²) in [5.74, 6) is 0. The lowest BCUT2D eigenvalue weighted by molar-refractivity contribution is -0.138. The number of nitrogens with one attached hydrogen (secondary N) is 1. The lowest BCUT2D eigenvalue weighted by Gasteiger charge is -1.98. The van der Waals surface area contributed by atoms with Crippen molar-refractivity contribution in [2.45, 2.75) is 24.7 Å². The minimum Gasteiger partial charge on any atom is -0.356 e. The second-order valence-electron chi connectivity index (χ2n) is 3.06. The van der Waals surface area contributed by atoms with Crippen LogP contribution in [0.2, 0.25) is 0 Å². The summed E-state index contributed by atoms with van der Waals surface area (Å²) >= 11 is 0.496. The van der Waals surface area contributed by atoms with E-state index in [4.69, 9.17) is 5.73 Å². The molecule has 0 aromatic carbocycles. The molecule has 2 atom stereocenters. The number of aromatic nitrogens is 2. The van der Waals surface area contributed by atoms with Gasteiger partial charge in [-0.3, -0.25) is 0 Å². The number of nitrogens with two attached hydrogens (primary N) is 1. The molecule has 78 valence electrons. The van der Waals surface area contributed by atoms with E-state index in [2.05, 4.69) is 15.5 Å². The van der Waals surface area contributed by atoms with E-state index in [0.717, 1.165) is 6.42 Å². The van der Waals surface area contributed by atoms with Crippen LogP contribution in [0.3, 0.4) is 0 Å². The van der Waals surface area contributed by atoms with E-state index in [1.54, 1.807) is 0 Å². The van der Waals surface area contributed by atoms with Crippen LogP contribution in [0.5, 0.6) is 0 Å². The molecule has 0 bridgehead atoms. The molecule has 0 spiro atoms. The fourth-order valence-electron chi connectivity index (χ4n) is 0.935. The molecule has 1 heterocycles. The van der Waals surface area contributed by atoms with E-state index in [1.165, 1.54) is 0 Å². The Bertz CT molecular complexity index is 336. The zero-order valence-electron chi connectivity index (χ0n) is 6.88. The van der Waals surface area contributed by atoms with Crippen LogP contribution in [0.25, 0.3) is 0 Å². The van der Waals surface area contributed by atoms with Gasteiger partial charge in [-0.05, 0) is 6.42 Å². The third-order valence-electron chi connectivity index (χ3n) is 1.82. The van der Waals surface area contributed by atoms with Crippen molar-refractivity contribution in [3.8, 4) is 0 Å². The Morgan fingerprint density at radius 1 is 1.43 bits per heavy atom. The standard InChI is InChI=1S/C6H7F3N4S/c7-6(8,9)4-12-13-5(14-4)11-3-1-2(3)10/h2-3H,1,10H2,(H,11,13). The molecule has 0 radical (unpaired) electrons. The number of rotatable bonds is 2. The van der Waals surface area contributed by atoms with Gasteiger partial charge in [-0.25, -0.2) is 0 Å². The average molecular weight is 224 g/mol. The summed E-state index contributed by atoms with van der Waals surface area (Å²) in [5.41, 5.74) is 5.48. The van der Waals surface area contributed by atoms with E-state index in [9.17, 15) is 13.2 Å². The summed E-state index contributed by atoms with van der Waals surface area (Å²) in [6.07, 6.45) is -3.65. The normalized spacial score (nSPS) is 26.3. The lowest BCUT2D eigenvalue weighted by Crippen LogP contribution is -2.12. The minimum absolute atomic E-state index is 0.0215. The SMILES string of the molecule is NC1CC1Nc1nnc(C(F)(F)F)s1. The fraction of sp³-hybridized carbons (Fsp3) is 0.667. The minimum atomic E-state index is -4.41. The Hall–Kier alpha value is -0.890. The highest BCUT2D eigenvalue weighted by molar-refractivity contribution is 7.15. The number of anilines is 1. The Labute approximate surface area is 81.3 Å². The van der Waals surface area contributed by atoms with Crippen molar-refractivity contribution in [3.63, 3.8) is 0 Å². The van der Waals surface area contributed by atoms with E-state index in [-0.39, 0.29) is 17.2 Å². The van der Waals surface area contributed by atoms with Crippen molar-refractivity contribution in [2.24, 2.45) is 5.73 Å². The van der Waals surface area contributed by atoms with Gasteiger partial charge in [-0.15, -0.1) is 10.2 Å². The maximum absolute atomic E-state index is 12.1. The van der Waals surface area contributed by atoms with E-state index < -0.39 is 11.2 Å². The van der Waals surface area contributed by atoms with E-state index in [0.29, 0.717) is 11.3 Å².